The van der Waals surface area contributed by atoms with Crippen LogP contribution in [0.5, 0.6) is 0 Å². The summed E-state index contributed by atoms with van der Waals surface area (Å²) >= 11 is 0. The zero-order valence-corrected chi connectivity index (χ0v) is 13.7. The molecule has 2 fully saturated rings. The number of hydrogen-bond donors (Lipinski definition) is 2. The van der Waals surface area contributed by atoms with E-state index in [1.165, 1.54) is 17.5 Å². The second kappa shape index (κ2) is 6.82. The summed E-state index contributed by atoms with van der Waals surface area (Å²) in [5.74, 6) is 0.256. The third kappa shape index (κ3) is 3.19. The summed E-state index contributed by atoms with van der Waals surface area (Å²) in [4.78, 5) is 13.2. The summed E-state index contributed by atoms with van der Waals surface area (Å²) in [5, 5.41) is 6.74. The molecule has 1 aromatic carbocycles. The van der Waals surface area contributed by atoms with Crippen molar-refractivity contribution in [2.75, 3.05) is 13.1 Å². The molecule has 1 aliphatic heterocycles. The molecule has 2 aliphatic rings. The van der Waals surface area contributed by atoms with Crippen LogP contribution in [0.2, 0.25) is 0 Å². The molecule has 1 atom stereocenters. The average molecular weight is 300 g/mol. The van der Waals surface area contributed by atoms with Crippen LogP contribution < -0.4 is 10.6 Å². The minimum atomic E-state index is -0.304. The fourth-order valence-corrected chi connectivity index (χ4v) is 4.04. The first-order valence-corrected chi connectivity index (χ1v) is 8.79. The van der Waals surface area contributed by atoms with E-state index >= 15 is 0 Å². The van der Waals surface area contributed by atoms with Crippen molar-refractivity contribution < 1.29 is 4.79 Å². The predicted octanol–water partition coefficient (Wildman–Crippen LogP) is 3.07. The van der Waals surface area contributed by atoms with Gasteiger partial charge < -0.3 is 10.6 Å². The zero-order valence-electron chi connectivity index (χ0n) is 13.7. The Labute approximate surface area is 133 Å². The second-order valence-corrected chi connectivity index (χ2v) is 7.03. The fourth-order valence-electron chi connectivity index (χ4n) is 4.04. The molecular weight excluding hydrogens is 272 g/mol. The fraction of sp³-hybridized carbons (Fsp3) is 0.632. The van der Waals surface area contributed by atoms with E-state index in [0.29, 0.717) is 6.04 Å². The first-order chi connectivity index (χ1) is 10.7. The first-order valence-electron chi connectivity index (χ1n) is 8.79. The lowest BCUT2D eigenvalue weighted by Gasteiger charge is -2.38. The Morgan fingerprint density at radius 2 is 2.05 bits per heavy atom. The van der Waals surface area contributed by atoms with Crippen molar-refractivity contribution in [2.24, 2.45) is 0 Å². The van der Waals surface area contributed by atoms with Gasteiger partial charge in [0, 0.05) is 12.6 Å². The van der Waals surface area contributed by atoms with Crippen molar-refractivity contribution in [1.29, 1.82) is 0 Å². The van der Waals surface area contributed by atoms with E-state index in [-0.39, 0.29) is 11.3 Å². The van der Waals surface area contributed by atoms with Gasteiger partial charge in [0.05, 0.1) is 5.41 Å². The highest BCUT2D eigenvalue weighted by molar-refractivity contribution is 5.88. The molecule has 3 nitrogen and oxygen atoms in total. The van der Waals surface area contributed by atoms with Gasteiger partial charge in [0.15, 0.2) is 0 Å². The highest BCUT2D eigenvalue weighted by Crippen LogP contribution is 2.40. The summed E-state index contributed by atoms with van der Waals surface area (Å²) in [5.41, 5.74) is 2.16. The molecule has 22 heavy (non-hydrogen) atoms. The number of nitrogens with one attached hydrogen (secondary N) is 2. The normalized spacial score (nSPS) is 24.7. The van der Waals surface area contributed by atoms with Crippen LogP contribution in [0.4, 0.5) is 0 Å². The Morgan fingerprint density at radius 1 is 1.23 bits per heavy atom. The largest absolute Gasteiger partial charge is 0.351 e. The maximum absolute atomic E-state index is 13.2. The first kappa shape index (κ1) is 15.5. The van der Waals surface area contributed by atoms with Gasteiger partial charge in [0.2, 0.25) is 5.91 Å². The number of carbonyl (C=O) groups excluding carboxylic acids is 1. The van der Waals surface area contributed by atoms with E-state index in [2.05, 4.69) is 41.8 Å². The maximum atomic E-state index is 13.2. The van der Waals surface area contributed by atoms with Crippen molar-refractivity contribution in [3.63, 3.8) is 0 Å². The summed E-state index contributed by atoms with van der Waals surface area (Å²) in [6, 6.07) is 8.87. The monoisotopic (exact) mass is 300 g/mol. The number of amides is 1. The standard InChI is InChI=1S/C19H28N2O/c1-15-7-5-8-16(13-15)19(10-3-2-4-11-19)18(22)21-17-9-6-12-20-14-17/h5,7-8,13,17,20H,2-4,6,9-12,14H2,1H3,(H,21,22). The van der Waals surface area contributed by atoms with Crippen molar-refractivity contribution in [3.05, 3.63) is 35.4 Å². The lowest BCUT2D eigenvalue weighted by atomic mass is 9.68. The Morgan fingerprint density at radius 3 is 2.73 bits per heavy atom. The van der Waals surface area contributed by atoms with E-state index in [4.69, 9.17) is 0 Å². The molecule has 1 saturated carbocycles. The number of hydrogen-bond acceptors (Lipinski definition) is 2. The molecule has 0 spiro atoms. The number of aryl methyl sites for hydroxylation is 1. The molecule has 1 heterocycles. The maximum Gasteiger partial charge on any atom is 0.230 e. The summed E-state index contributed by atoms with van der Waals surface area (Å²) in [7, 11) is 0. The summed E-state index contributed by atoms with van der Waals surface area (Å²) in [6.07, 6.45) is 7.80. The Bertz CT molecular complexity index is 514. The highest BCUT2D eigenvalue weighted by Gasteiger charge is 2.41. The topological polar surface area (TPSA) is 41.1 Å². The quantitative estimate of drug-likeness (QED) is 0.901. The van der Waals surface area contributed by atoms with Gasteiger partial charge in [0.1, 0.15) is 0 Å². The van der Waals surface area contributed by atoms with E-state index < -0.39 is 0 Å². The van der Waals surface area contributed by atoms with Crippen LogP contribution in [-0.2, 0) is 10.2 Å². The SMILES string of the molecule is Cc1cccc(C2(C(=O)NC3CCCNC3)CCCCC2)c1. The lowest BCUT2D eigenvalue weighted by Crippen LogP contribution is -2.53. The Kier molecular flexibility index (Phi) is 4.82. The molecular formula is C19H28N2O. The minimum Gasteiger partial charge on any atom is -0.351 e. The van der Waals surface area contributed by atoms with E-state index in [0.717, 1.165) is 51.6 Å². The van der Waals surface area contributed by atoms with Gasteiger partial charge in [-0.3, -0.25) is 4.79 Å². The van der Waals surface area contributed by atoms with Gasteiger partial charge in [-0.1, -0.05) is 49.1 Å². The molecule has 3 heteroatoms. The Hall–Kier alpha value is -1.35. The van der Waals surface area contributed by atoms with Crippen molar-refractivity contribution >= 4 is 5.91 Å². The van der Waals surface area contributed by atoms with Crippen LogP contribution in [-0.4, -0.2) is 25.0 Å². The lowest BCUT2D eigenvalue weighted by molar-refractivity contribution is -0.129. The molecule has 1 unspecified atom stereocenters. The van der Waals surface area contributed by atoms with Gasteiger partial charge in [-0.25, -0.2) is 0 Å². The van der Waals surface area contributed by atoms with Crippen LogP contribution in [0.1, 0.15) is 56.1 Å². The van der Waals surface area contributed by atoms with E-state index in [1.54, 1.807) is 0 Å². The van der Waals surface area contributed by atoms with Crippen LogP contribution in [0.3, 0.4) is 0 Å². The van der Waals surface area contributed by atoms with Gasteiger partial charge in [0.25, 0.3) is 0 Å². The molecule has 0 aromatic heterocycles. The smallest absolute Gasteiger partial charge is 0.230 e. The summed E-state index contributed by atoms with van der Waals surface area (Å²) in [6.45, 7) is 4.11. The molecule has 2 N–H and O–H groups in total. The van der Waals surface area contributed by atoms with Crippen LogP contribution >= 0.6 is 0 Å². The van der Waals surface area contributed by atoms with Crippen molar-refractivity contribution in [3.8, 4) is 0 Å². The zero-order chi connectivity index (χ0) is 15.4. The molecule has 1 aliphatic carbocycles. The van der Waals surface area contributed by atoms with Gasteiger partial charge in [-0.2, -0.15) is 0 Å². The van der Waals surface area contributed by atoms with E-state index in [1.807, 2.05) is 0 Å². The predicted molar refractivity (Wildman–Crippen MR) is 90.0 cm³/mol. The van der Waals surface area contributed by atoms with Crippen molar-refractivity contribution in [1.82, 2.24) is 10.6 Å². The molecule has 1 saturated heterocycles. The van der Waals surface area contributed by atoms with Crippen LogP contribution in [0.25, 0.3) is 0 Å². The Balaban J connectivity index is 1.83. The van der Waals surface area contributed by atoms with E-state index in [9.17, 15) is 4.79 Å². The molecule has 3 rings (SSSR count). The highest BCUT2D eigenvalue weighted by atomic mass is 16.2. The third-order valence-electron chi connectivity index (χ3n) is 5.34. The summed E-state index contributed by atoms with van der Waals surface area (Å²) < 4.78 is 0. The number of rotatable bonds is 3. The minimum absolute atomic E-state index is 0.256. The van der Waals surface area contributed by atoms with Gasteiger partial charge >= 0.3 is 0 Å². The number of benzene rings is 1. The third-order valence-corrected chi connectivity index (χ3v) is 5.34. The second-order valence-electron chi connectivity index (χ2n) is 7.03. The van der Waals surface area contributed by atoms with Gasteiger partial charge in [-0.05, 0) is 44.7 Å². The van der Waals surface area contributed by atoms with Crippen LogP contribution in [0.15, 0.2) is 24.3 Å². The number of piperidine rings is 1. The van der Waals surface area contributed by atoms with Crippen LogP contribution in [0, 0.1) is 6.92 Å². The van der Waals surface area contributed by atoms with Crippen molar-refractivity contribution in [2.45, 2.75) is 63.3 Å². The molecule has 0 radical (unpaired) electrons. The van der Waals surface area contributed by atoms with Gasteiger partial charge in [-0.15, -0.1) is 0 Å². The molecule has 0 bridgehead atoms. The number of carbonyl (C=O) groups is 1. The average Bonchev–Trinajstić information content (AvgIpc) is 2.56. The molecule has 1 amide bonds. The molecule has 120 valence electrons. The molecule has 1 aromatic rings.